The highest BCUT2D eigenvalue weighted by atomic mass is 16.5. The molecule has 3 aromatic rings. The van der Waals surface area contributed by atoms with Crippen molar-refractivity contribution >= 4 is 11.9 Å². The van der Waals surface area contributed by atoms with E-state index in [1.165, 1.54) is 11.3 Å². The molecule has 0 saturated heterocycles. The van der Waals surface area contributed by atoms with Gasteiger partial charge in [-0.25, -0.2) is 0 Å². The molecule has 0 aliphatic rings. The van der Waals surface area contributed by atoms with Crippen LogP contribution in [0.5, 0.6) is 5.75 Å². The quantitative estimate of drug-likeness (QED) is 0.464. The first-order valence-electron chi connectivity index (χ1n) is 8.62. The van der Waals surface area contributed by atoms with Gasteiger partial charge in [0.15, 0.2) is 5.78 Å². The SMILES string of the molecule is COc1ccc(C(=O)/C=C/c2cc(C)n(-c3ccccc3C)c2C)cc1. The normalized spacial score (nSPS) is 11.1. The van der Waals surface area contributed by atoms with Gasteiger partial charge < -0.3 is 9.30 Å². The second kappa shape index (κ2) is 7.44. The predicted molar refractivity (Wildman–Crippen MR) is 106 cm³/mol. The van der Waals surface area contributed by atoms with E-state index in [0.717, 1.165) is 22.7 Å². The van der Waals surface area contributed by atoms with E-state index in [1.807, 2.05) is 18.2 Å². The lowest BCUT2D eigenvalue weighted by Crippen LogP contribution is -2.01. The van der Waals surface area contributed by atoms with Crippen molar-refractivity contribution in [1.29, 1.82) is 0 Å². The predicted octanol–water partition coefficient (Wildman–Crippen LogP) is 5.31. The molecule has 3 nitrogen and oxygen atoms in total. The molecular weight excluding hydrogens is 322 g/mol. The molecule has 0 fully saturated rings. The fourth-order valence-corrected chi connectivity index (χ4v) is 3.16. The number of hydrogen-bond donors (Lipinski definition) is 0. The van der Waals surface area contributed by atoms with Gasteiger partial charge in [-0.1, -0.05) is 18.2 Å². The van der Waals surface area contributed by atoms with Gasteiger partial charge in [-0.05, 0) is 80.4 Å². The number of nitrogens with zero attached hydrogens (tertiary/aromatic N) is 1. The topological polar surface area (TPSA) is 31.2 Å². The molecule has 0 radical (unpaired) electrons. The van der Waals surface area contributed by atoms with Gasteiger partial charge in [-0.2, -0.15) is 0 Å². The van der Waals surface area contributed by atoms with Crippen LogP contribution in [0.15, 0.2) is 60.7 Å². The van der Waals surface area contributed by atoms with Crippen LogP contribution in [0.1, 0.15) is 32.9 Å². The van der Waals surface area contributed by atoms with E-state index in [-0.39, 0.29) is 5.78 Å². The molecule has 0 amide bonds. The molecule has 0 N–H and O–H groups in total. The zero-order valence-corrected chi connectivity index (χ0v) is 15.6. The smallest absolute Gasteiger partial charge is 0.185 e. The number of ether oxygens (including phenoxy) is 1. The average Bonchev–Trinajstić information content (AvgIpc) is 2.94. The maximum Gasteiger partial charge on any atom is 0.185 e. The van der Waals surface area contributed by atoms with Crippen LogP contribution in [0.4, 0.5) is 0 Å². The Morgan fingerprint density at radius 3 is 2.35 bits per heavy atom. The molecule has 0 bridgehead atoms. The van der Waals surface area contributed by atoms with Crippen molar-refractivity contribution in [2.24, 2.45) is 0 Å². The zero-order chi connectivity index (χ0) is 18.7. The summed E-state index contributed by atoms with van der Waals surface area (Å²) in [4.78, 5) is 12.4. The monoisotopic (exact) mass is 345 g/mol. The Balaban J connectivity index is 1.88. The molecule has 26 heavy (non-hydrogen) atoms. The Labute approximate surface area is 154 Å². The van der Waals surface area contributed by atoms with Crippen LogP contribution in [0.25, 0.3) is 11.8 Å². The van der Waals surface area contributed by atoms with Crippen molar-refractivity contribution in [3.05, 3.63) is 88.8 Å². The number of allylic oxidation sites excluding steroid dienone is 1. The van der Waals surface area contributed by atoms with Crippen molar-refractivity contribution in [1.82, 2.24) is 4.57 Å². The first-order chi connectivity index (χ1) is 12.5. The van der Waals surface area contributed by atoms with Crippen LogP contribution in [-0.4, -0.2) is 17.5 Å². The third-order valence-corrected chi connectivity index (χ3v) is 4.62. The van der Waals surface area contributed by atoms with Crippen molar-refractivity contribution in [3.63, 3.8) is 0 Å². The number of para-hydroxylation sites is 1. The number of carbonyl (C=O) groups excluding carboxylic acids is 1. The van der Waals surface area contributed by atoms with Crippen LogP contribution in [0.3, 0.4) is 0 Å². The second-order valence-electron chi connectivity index (χ2n) is 6.37. The maximum absolute atomic E-state index is 12.4. The van der Waals surface area contributed by atoms with E-state index in [2.05, 4.69) is 43.5 Å². The molecule has 1 aromatic heterocycles. The van der Waals surface area contributed by atoms with E-state index in [0.29, 0.717) is 5.56 Å². The highest BCUT2D eigenvalue weighted by Gasteiger charge is 2.11. The molecule has 1 heterocycles. The summed E-state index contributed by atoms with van der Waals surface area (Å²) in [5.74, 6) is 0.723. The minimum absolute atomic E-state index is 0.0200. The Hall–Kier alpha value is -3.07. The molecule has 3 heteroatoms. The van der Waals surface area contributed by atoms with Gasteiger partial charge >= 0.3 is 0 Å². The van der Waals surface area contributed by atoms with E-state index in [4.69, 9.17) is 4.74 Å². The molecule has 3 rings (SSSR count). The second-order valence-corrected chi connectivity index (χ2v) is 6.37. The standard InChI is InChI=1S/C23H23NO2/c1-16-7-5-6-8-22(16)24-17(2)15-20(18(24)3)11-14-23(25)19-9-12-21(26-4)13-10-19/h5-15H,1-4H3/b14-11+. The first-order valence-corrected chi connectivity index (χ1v) is 8.62. The van der Waals surface area contributed by atoms with Crippen LogP contribution >= 0.6 is 0 Å². The number of aromatic nitrogens is 1. The third-order valence-electron chi connectivity index (χ3n) is 4.62. The summed E-state index contributed by atoms with van der Waals surface area (Å²) in [7, 11) is 1.61. The Kier molecular flexibility index (Phi) is 5.08. The minimum atomic E-state index is -0.0200. The van der Waals surface area contributed by atoms with Gasteiger partial charge in [0, 0.05) is 22.6 Å². The molecule has 0 spiro atoms. The molecule has 0 aliphatic heterocycles. The van der Waals surface area contributed by atoms with Gasteiger partial charge in [-0.15, -0.1) is 0 Å². The van der Waals surface area contributed by atoms with E-state index >= 15 is 0 Å². The number of hydrogen-bond acceptors (Lipinski definition) is 2. The molecular formula is C23H23NO2. The maximum atomic E-state index is 12.4. The molecule has 0 aliphatic carbocycles. The number of aryl methyl sites for hydroxylation is 2. The van der Waals surface area contributed by atoms with E-state index < -0.39 is 0 Å². The highest BCUT2D eigenvalue weighted by molar-refractivity contribution is 6.06. The first kappa shape index (κ1) is 17.7. The lowest BCUT2D eigenvalue weighted by atomic mass is 10.1. The van der Waals surface area contributed by atoms with Crippen LogP contribution < -0.4 is 4.74 Å². The summed E-state index contributed by atoms with van der Waals surface area (Å²) < 4.78 is 7.36. The van der Waals surface area contributed by atoms with Crippen LogP contribution in [-0.2, 0) is 0 Å². The van der Waals surface area contributed by atoms with Crippen molar-refractivity contribution in [3.8, 4) is 11.4 Å². The fourth-order valence-electron chi connectivity index (χ4n) is 3.16. The molecule has 2 aromatic carbocycles. The molecule has 132 valence electrons. The summed E-state index contributed by atoms with van der Waals surface area (Å²) in [6.07, 6.45) is 3.52. The summed E-state index contributed by atoms with van der Waals surface area (Å²) in [5, 5.41) is 0. The fraction of sp³-hybridized carbons (Fsp3) is 0.174. The molecule has 0 saturated carbocycles. The van der Waals surface area contributed by atoms with Crippen molar-refractivity contribution < 1.29 is 9.53 Å². The van der Waals surface area contributed by atoms with Crippen molar-refractivity contribution in [2.45, 2.75) is 20.8 Å². The highest BCUT2D eigenvalue weighted by Crippen LogP contribution is 2.24. The lowest BCUT2D eigenvalue weighted by molar-refractivity contribution is 0.104. The summed E-state index contributed by atoms with van der Waals surface area (Å²) in [5.41, 5.74) is 6.36. The summed E-state index contributed by atoms with van der Waals surface area (Å²) >= 11 is 0. The number of rotatable bonds is 5. The van der Waals surface area contributed by atoms with E-state index in [9.17, 15) is 4.79 Å². The lowest BCUT2D eigenvalue weighted by Gasteiger charge is -2.12. The zero-order valence-electron chi connectivity index (χ0n) is 15.6. The summed E-state index contributed by atoms with van der Waals surface area (Å²) in [6.45, 7) is 6.27. The van der Waals surface area contributed by atoms with E-state index in [1.54, 1.807) is 37.5 Å². The van der Waals surface area contributed by atoms with Gasteiger partial charge in [0.1, 0.15) is 5.75 Å². The number of methoxy groups -OCH3 is 1. The van der Waals surface area contributed by atoms with Gasteiger partial charge in [-0.3, -0.25) is 4.79 Å². The molecule has 0 unspecified atom stereocenters. The van der Waals surface area contributed by atoms with Crippen LogP contribution in [0.2, 0.25) is 0 Å². The Morgan fingerprint density at radius 2 is 1.69 bits per heavy atom. The van der Waals surface area contributed by atoms with Gasteiger partial charge in [0.2, 0.25) is 0 Å². The van der Waals surface area contributed by atoms with Gasteiger partial charge in [0.25, 0.3) is 0 Å². The molecule has 0 atom stereocenters. The van der Waals surface area contributed by atoms with Crippen LogP contribution in [0, 0.1) is 20.8 Å². The number of ketones is 1. The van der Waals surface area contributed by atoms with Crippen molar-refractivity contribution in [2.75, 3.05) is 7.11 Å². The Bertz CT molecular complexity index is 962. The third kappa shape index (κ3) is 3.47. The largest absolute Gasteiger partial charge is 0.497 e. The summed E-state index contributed by atoms with van der Waals surface area (Å²) in [6, 6.07) is 17.6. The Morgan fingerprint density at radius 1 is 1.00 bits per heavy atom. The average molecular weight is 345 g/mol. The number of benzene rings is 2. The minimum Gasteiger partial charge on any atom is -0.497 e. The number of carbonyl (C=O) groups is 1. The van der Waals surface area contributed by atoms with Gasteiger partial charge in [0.05, 0.1) is 7.11 Å².